The Morgan fingerprint density at radius 3 is 2.75 bits per heavy atom. The van der Waals surface area contributed by atoms with E-state index in [1.54, 1.807) is 36.2 Å². The van der Waals surface area contributed by atoms with Gasteiger partial charge >= 0.3 is 0 Å². The van der Waals surface area contributed by atoms with Crippen LogP contribution in [0.5, 0.6) is 11.5 Å². The number of carbonyl (C=O) groups is 1. The summed E-state index contributed by atoms with van der Waals surface area (Å²) < 4.78 is 6.93. The zero-order chi connectivity index (χ0) is 19.7. The van der Waals surface area contributed by atoms with E-state index in [1.165, 1.54) is 0 Å². The van der Waals surface area contributed by atoms with E-state index in [0.29, 0.717) is 28.7 Å². The number of hydrogen-bond donors (Lipinski definition) is 3. The van der Waals surface area contributed by atoms with Crippen molar-refractivity contribution in [1.29, 1.82) is 0 Å². The molecule has 8 heteroatoms. The van der Waals surface area contributed by atoms with Gasteiger partial charge in [0, 0.05) is 11.5 Å². The number of amides is 1. The van der Waals surface area contributed by atoms with E-state index in [9.17, 15) is 9.90 Å². The summed E-state index contributed by atoms with van der Waals surface area (Å²) >= 11 is 0. The third-order valence-electron chi connectivity index (χ3n) is 4.54. The second-order valence-electron chi connectivity index (χ2n) is 6.22. The topological polar surface area (TPSA) is 105 Å². The number of phenols is 1. The fourth-order valence-corrected chi connectivity index (χ4v) is 3.13. The highest BCUT2D eigenvalue weighted by Crippen LogP contribution is 2.25. The molecule has 0 bridgehead atoms. The molecule has 3 N–H and O–H groups in total. The normalized spacial score (nSPS) is 10.9. The number of aromatic hydroxyl groups is 1. The zero-order valence-corrected chi connectivity index (χ0v) is 15.4. The summed E-state index contributed by atoms with van der Waals surface area (Å²) in [6.45, 7) is 1.97. The fraction of sp³-hybridized carbons (Fsp3) is 0.150. The number of methoxy groups -OCH3 is 1. The molecule has 0 aliphatic carbocycles. The molecule has 142 valence electrons. The summed E-state index contributed by atoms with van der Waals surface area (Å²) in [6.07, 6.45) is 2.18. The van der Waals surface area contributed by atoms with Gasteiger partial charge < -0.3 is 15.2 Å². The van der Waals surface area contributed by atoms with Crippen LogP contribution in [0, 0.1) is 0 Å². The van der Waals surface area contributed by atoms with E-state index >= 15 is 0 Å². The third kappa shape index (κ3) is 3.05. The zero-order valence-electron chi connectivity index (χ0n) is 15.4. The van der Waals surface area contributed by atoms with Crippen molar-refractivity contribution in [1.82, 2.24) is 20.0 Å². The van der Waals surface area contributed by atoms with Gasteiger partial charge in [0.2, 0.25) is 0 Å². The number of aromatic nitrogens is 4. The molecule has 0 spiro atoms. The van der Waals surface area contributed by atoms with Crippen LogP contribution in [-0.2, 0) is 6.42 Å². The van der Waals surface area contributed by atoms with Gasteiger partial charge in [0.25, 0.3) is 5.91 Å². The summed E-state index contributed by atoms with van der Waals surface area (Å²) in [6, 6.07) is 12.3. The van der Waals surface area contributed by atoms with Crippen molar-refractivity contribution < 1.29 is 14.6 Å². The van der Waals surface area contributed by atoms with Gasteiger partial charge in [-0.3, -0.25) is 9.89 Å². The monoisotopic (exact) mass is 377 g/mol. The Hall–Kier alpha value is -3.81. The molecular weight excluding hydrogens is 358 g/mol. The molecule has 2 heterocycles. The first kappa shape index (κ1) is 17.6. The molecule has 2 aromatic heterocycles. The van der Waals surface area contributed by atoms with Crippen molar-refractivity contribution in [3.05, 3.63) is 59.9 Å². The molecule has 1 amide bonds. The lowest BCUT2D eigenvalue weighted by Gasteiger charge is -2.09. The second-order valence-corrected chi connectivity index (χ2v) is 6.22. The van der Waals surface area contributed by atoms with Crippen LogP contribution < -0.4 is 10.1 Å². The maximum Gasteiger partial charge on any atom is 0.260 e. The molecule has 0 radical (unpaired) electrons. The van der Waals surface area contributed by atoms with Gasteiger partial charge in [0.15, 0.2) is 5.82 Å². The molecule has 0 aliphatic heterocycles. The van der Waals surface area contributed by atoms with Crippen LogP contribution in [0.25, 0.3) is 16.6 Å². The van der Waals surface area contributed by atoms with Crippen molar-refractivity contribution >= 4 is 22.6 Å². The fourth-order valence-electron chi connectivity index (χ4n) is 3.13. The van der Waals surface area contributed by atoms with Crippen LogP contribution in [0.3, 0.4) is 0 Å². The number of nitrogens with zero attached hydrogens (tertiary/aromatic N) is 3. The molecule has 0 saturated carbocycles. The standard InChI is InChI=1S/C20H19N5O3/c1-3-18-16(11-21-25(18)12-4-7-14(28-2)8-5-12)20(27)22-19-15-9-6-13(26)10-17(15)23-24-19/h4-11,26H,3H2,1-2H3,(H2,22,23,24,27). The summed E-state index contributed by atoms with van der Waals surface area (Å²) in [7, 11) is 1.61. The van der Waals surface area contributed by atoms with Gasteiger partial charge in [0.05, 0.1) is 35.8 Å². The number of carbonyl (C=O) groups excluding carboxylic acids is 1. The SMILES string of the molecule is CCc1c(C(=O)Nc2n[nH]c3cc(O)ccc23)cnn1-c1ccc(OC)cc1. The number of benzene rings is 2. The molecule has 2 aromatic carbocycles. The summed E-state index contributed by atoms with van der Waals surface area (Å²) in [5.74, 6) is 0.990. The van der Waals surface area contributed by atoms with Crippen LogP contribution in [0.1, 0.15) is 23.0 Å². The van der Waals surface area contributed by atoms with Gasteiger partial charge in [-0.1, -0.05) is 6.92 Å². The van der Waals surface area contributed by atoms with Crippen LogP contribution in [0.2, 0.25) is 0 Å². The number of nitrogens with one attached hydrogen (secondary N) is 2. The van der Waals surface area contributed by atoms with Crippen molar-refractivity contribution in [3.63, 3.8) is 0 Å². The minimum atomic E-state index is -0.293. The quantitative estimate of drug-likeness (QED) is 0.495. The summed E-state index contributed by atoms with van der Waals surface area (Å²) in [4.78, 5) is 12.9. The number of anilines is 1. The number of phenolic OH excluding ortho intramolecular Hbond substituents is 1. The molecule has 0 aliphatic rings. The average Bonchev–Trinajstić information content (AvgIpc) is 3.31. The van der Waals surface area contributed by atoms with Crippen LogP contribution >= 0.6 is 0 Å². The van der Waals surface area contributed by atoms with Crippen molar-refractivity contribution in [2.24, 2.45) is 0 Å². The number of H-pyrrole nitrogens is 1. The lowest BCUT2D eigenvalue weighted by atomic mass is 10.1. The molecule has 4 aromatic rings. The Balaban J connectivity index is 1.64. The average molecular weight is 377 g/mol. The minimum Gasteiger partial charge on any atom is -0.508 e. The summed E-state index contributed by atoms with van der Waals surface area (Å²) in [5.41, 5.74) is 2.76. The molecule has 4 rings (SSSR count). The molecule has 28 heavy (non-hydrogen) atoms. The van der Waals surface area contributed by atoms with E-state index in [2.05, 4.69) is 20.6 Å². The number of aromatic amines is 1. The molecule has 8 nitrogen and oxygen atoms in total. The lowest BCUT2D eigenvalue weighted by Crippen LogP contribution is -2.14. The van der Waals surface area contributed by atoms with Crippen LogP contribution in [-0.4, -0.2) is 38.1 Å². The number of fused-ring (bicyclic) bond motifs is 1. The predicted molar refractivity (Wildman–Crippen MR) is 105 cm³/mol. The first-order valence-corrected chi connectivity index (χ1v) is 8.80. The smallest absolute Gasteiger partial charge is 0.260 e. The highest BCUT2D eigenvalue weighted by atomic mass is 16.5. The van der Waals surface area contributed by atoms with Gasteiger partial charge in [-0.15, -0.1) is 0 Å². The number of rotatable bonds is 5. The van der Waals surface area contributed by atoms with Gasteiger partial charge in [0.1, 0.15) is 11.5 Å². The minimum absolute atomic E-state index is 0.128. The van der Waals surface area contributed by atoms with Crippen molar-refractivity contribution in [2.45, 2.75) is 13.3 Å². The van der Waals surface area contributed by atoms with E-state index in [1.807, 2.05) is 31.2 Å². The Morgan fingerprint density at radius 2 is 2.04 bits per heavy atom. The van der Waals surface area contributed by atoms with Gasteiger partial charge in [-0.05, 0) is 42.8 Å². The van der Waals surface area contributed by atoms with E-state index < -0.39 is 0 Å². The Labute approximate surface area is 160 Å². The largest absolute Gasteiger partial charge is 0.508 e. The first-order chi connectivity index (χ1) is 13.6. The Morgan fingerprint density at radius 1 is 1.25 bits per heavy atom. The van der Waals surface area contributed by atoms with Gasteiger partial charge in [-0.25, -0.2) is 4.68 Å². The van der Waals surface area contributed by atoms with Crippen molar-refractivity contribution in [3.8, 4) is 17.2 Å². The molecule has 0 fully saturated rings. The van der Waals surface area contributed by atoms with Crippen LogP contribution in [0.15, 0.2) is 48.7 Å². The van der Waals surface area contributed by atoms with E-state index in [4.69, 9.17) is 4.74 Å². The molecule has 0 saturated heterocycles. The molecular formula is C20H19N5O3. The van der Waals surface area contributed by atoms with Gasteiger partial charge in [-0.2, -0.15) is 10.2 Å². The highest BCUT2D eigenvalue weighted by Gasteiger charge is 2.19. The van der Waals surface area contributed by atoms with Crippen molar-refractivity contribution in [2.75, 3.05) is 12.4 Å². The Kier molecular flexibility index (Phi) is 4.44. The lowest BCUT2D eigenvalue weighted by molar-refractivity contribution is 0.102. The van der Waals surface area contributed by atoms with Crippen LogP contribution in [0.4, 0.5) is 5.82 Å². The Bertz CT molecular complexity index is 1140. The predicted octanol–water partition coefficient (Wildman–Crippen LogP) is 3.28. The van der Waals surface area contributed by atoms with E-state index in [-0.39, 0.29) is 11.7 Å². The maximum atomic E-state index is 12.9. The summed E-state index contributed by atoms with van der Waals surface area (Å²) in [5, 5.41) is 24.4. The second kappa shape index (κ2) is 7.07. The highest BCUT2D eigenvalue weighted by molar-refractivity contribution is 6.08. The molecule has 0 atom stereocenters. The third-order valence-corrected chi connectivity index (χ3v) is 4.54. The molecule has 0 unspecified atom stereocenters. The first-order valence-electron chi connectivity index (χ1n) is 8.80. The van der Waals surface area contributed by atoms with E-state index in [0.717, 1.165) is 17.1 Å². The number of hydrogen-bond acceptors (Lipinski definition) is 5. The maximum absolute atomic E-state index is 12.9. The number of ether oxygens (including phenoxy) is 1.